The third kappa shape index (κ3) is 1.31. The summed E-state index contributed by atoms with van der Waals surface area (Å²) in [6, 6.07) is 8.85. The molecule has 78 valence electrons. The Hall–Kier alpha value is -2.08. The molecule has 1 aliphatic carbocycles. The molecule has 1 aliphatic rings. The molecule has 0 unspecified atom stereocenters. The number of hydrogen-bond acceptors (Lipinski definition) is 1. The summed E-state index contributed by atoms with van der Waals surface area (Å²) in [5, 5.41) is 0. The topological polar surface area (TPSA) is 22.2 Å². The van der Waals surface area contributed by atoms with E-state index in [0.717, 1.165) is 12.8 Å². The Kier molecular flexibility index (Phi) is 2.00. The summed E-state index contributed by atoms with van der Waals surface area (Å²) in [6.07, 6.45) is 5.42. The first-order chi connectivity index (χ1) is 7.88. The van der Waals surface area contributed by atoms with Gasteiger partial charge in [0.15, 0.2) is 6.33 Å². The van der Waals surface area contributed by atoms with Crippen LogP contribution >= 0.6 is 0 Å². The van der Waals surface area contributed by atoms with Crippen LogP contribution < -0.4 is 0 Å². The van der Waals surface area contributed by atoms with Gasteiger partial charge < -0.3 is 4.85 Å². The highest BCUT2D eigenvalue weighted by molar-refractivity contribution is 5.38. The van der Waals surface area contributed by atoms with Crippen molar-refractivity contribution in [2.75, 3.05) is 0 Å². The van der Waals surface area contributed by atoms with Crippen molar-refractivity contribution in [3.05, 3.63) is 59.3 Å². The van der Waals surface area contributed by atoms with Crippen LogP contribution in [0.5, 0.6) is 0 Å². The second kappa shape index (κ2) is 3.49. The minimum atomic E-state index is 0.365. The Morgan fingerprint density at radius 2 is 1.94 bits per heavy atom. The third-order valence-corrected chi connectivity index (χ3v) is 3.18. The third-order valence-electron chi connectivity index (χ3n) is 3.18. The standard InChI is InChI=1S/C13H11N3/c1-14-13-8-15-9-16(13)12-6-10-4-2-3-5-11(10)7-12/h2-5,8-9,12H,6-7H2. The highest BCUT2D eigenvalue weighted by Crippen LogP contribution is 2.32. The molecule has 0 N–H and O–H groups in total. The number of hydrogen-bond donors (Lipinski definition) is 0. The molecule has 3 nitrogen and oxygen atoms in total. The SMILES string of the molecule is [C-]#[N+]c1cncn1C1Cc2ccccc2C1. The van der Waals surface area contributed by atoms with E-state index < -0.39 is 0 Å². The fourth-order valence-electron chi connectivity index (χ4n) is 2.40. The summed E-state index contributed by atoms with van der Waals surface area (Å²) >= 11 is 0. The molecule has 3 heteroatoms. The number of fused-ring (bicyclic) bond motifs is 1. The van der Waals surface area contributed by atoms with Gasteiger partial charge in [0, 0.05) is 12.8 Å². The van der Waals surface area contributed by atoms with Crippen LogP contribution in [0.3, 0.4) is 0 Å². The summed E-state index contributed by atoms with van der Waals surface area (Å²) in [4.78, 5) is 7.54. The maximum Gasteiger partial charge on any atom is 0.249 e. The van der Waals surface area contributed by atoms with Crippen molar-refractivity contribution in [1.82, 2.24) is 9.55 Å². The van der Waals surface area contributed by atoms with Crippen molar-refractivity contribution in [3.63, 3.8) is 0 Å². The maximum absolute atomic E-state index is 7.09. The lowest BCUT2D eigenvalue weighted by Gasteiger charge is -2.08. The molecule has 16 heavy (non-hydrogen) atoms. The van der Waals surface area contributed by atoms with E-state index in [0.29, 0.717) is 11.9 Å². The van der Waals surface area contributed by atoms with Gasteiger partial charge in [0.25, 0.3) is 0 Å². The molecule has 0 radical (unpaired) electrons. The molecule has 0 fully saturated rings. The van der Waals surface area contributed by atoms with Gasteiger partial charge in [-0.15, -0.1) is 0 Å². The maximum atomic E-state index is 7.09. The molecule has 1 aromatic heterocycles. The predicted molar refractivity (Wildman–Crippen MR) is 61.4 cm³/mol. The van der Waals surface area contributed by atoms with Gasteiger partial charge in [0.1, 0.15) is 0 Å². The first kappa shape index (κ1) is 9.17. The first-order valence-electron chi connectivity index (χ1n) is 5.34. The smallest absolute Gasteiger partial charge is 0.249 e. The van der Waals surface area contributed by atoms with Crippen LogP contribution in [-0.2, 0) is 12.8 Å². The minimum absolute atomic E-state index is 0.365. The molecule has 0 spiro atoms. The van der Waals surface area contributed by atoms with Crippen molar-refractivity contribution < 1.29 is 0 Å². The van der Waals surface area contributed by atoms with Crippen LogP contribution in [0.15, 0.2) is 36.8 Å². The Morgan fingerprint density at radius 3 is 2.56 bits per heavy atom. The van der Waals surface area contributed by atoms with Gasteiger partial charge in [-0.25, -0.2) is 4.98 Å². The van der Waals surface area contributed by atoms with Gasteiger partial charge in [0.05, 0.1) is 12.2 Å². The summed E-state index contributed by atoms with van der Waals surface area (Å²) in [6.45, 7) is 7.09. The summed E-state index contributed by atoms with van der Waals surface area (Å²) in [7, 11) is 0. The lowest BCUT2D eigenvalue weighted by Crippen LogP contribution is -2.06. The van der Waals surface area contributed by atoms with E-state index in [2.05, 4.69) is 34.1 Å². The van der Waals surface area contributed by atoms with Gasteiger partial charge >= 0.3 is 0 Å². The van der Waals surface area contributed by atoms with E-state index in [1.54, 1.807) is 12.5 Å². The molecule has 0 amide bonds. The van der Waals surface area contributed by atoms with E-state index in [4.69, 9.17) is 6.57 Å². The van der Waals surface area contributed by atoms with Crippen LogP contribution in [0.4, 0.5) is 5.82 Å². The Labute approximate surface area is 94.2 Å². The van der Waals surface area contributed by atoms with Gasteiger partial charge in [-0.3, -0.25) is 4.57 Å². The van der Waals surface area contributed by atoms with E-state index in [-0.39, 0.29) is 0 Å². The normalized spacial score (nSPS) is 14.7. The van der Waals surface area contributed by atoms with Gasteiger partial charge in [-0.1, -0.05) is 30.8 Å². The molecule has 1 heterocycles. The Bertz CT molecular complexity index is 538. The molecule has 0 aliphatic heterocycles. The van der Waals surface area contributed by atoms with Crippen molar-refractivity contribution >= 4 is 5.82 Å². The van der Waals surface area contributed by atoms with E-state index in [1.807, 2.05) is 4.57 Å². The van der Waals surface area contributed by atoms with Crippen LogP contribution in [-0.4, -0.2) is 9.55 Å². The molecular formula is C13H11N3. The van der Waals surface area contributed by atoms with E-state index in [1.165, 1.54) is 11.1 Å². The molecule has 0 saturated carbocycles. The van der Waals surface area contributed by atoms with Crippen LogP contribution in [0, 0.1) is 6.57 Å². The van der Waals surface area contributed by atoms with Gasteiger partial charge in [-0.05, 0) is 11.1 Å². The van der Waals surface area contributed by atoms with Gasteiger partial charge in [0.2, 0.25) is 5.82 Å². The summed E-state index contributed by atoms with van der Waals surface area (Å²) < 4.78 is 1.99. The number of nitrogens with zero attached hydrogens (tertiary/aromatic N) is 3. The monoisotopic (exact) mass is 209 g/mol. The Morgan fingerprint density at radius 1 is 1.25 bits per heavy atom. The van der Waals surface area contributed by atoms with Crippen molar-refractivity contribution in [1.29, 1.82) is 0 Å². The summed E-state index contributed by atoms with van der Waals surface area (Å²) in [5.41, 5.74) is 2.80. The number of rotatable bonds is 1. The molecule has 0 atom stereocenters. The zero-order valence-electron chi connectivity index (χ0n) is 8.80. The quantitative estimate of drug-likeness (QED) is 0.662. The van der Waals surface area contributed by atoms with Crippen molar-refractivity contribution in [2.45, 2.75) is 18.9 Å². The average Bonchev–Trinajstić information content (AvgIpc) is 2.94. The largest absolute Gasteiger partial charge is 0.363 e. The molecule has 0 bridgehead atoms. The highest BCUT2D eigenvalue weighted by atomic mass is 15.1. The molecule has 3 rings (SSSR count). The number of imidazole rings is 1. The zero-order valence-corrected chi connectivity index (χ0v) is 8.80. The molecule has 2 aromatic rings. The first-order valence-corrected chi connectivity index (χ1v) is 5.34. The minimum Gasteiger partial charge on any atom is -0.363 e. The summed E-state index contributed by atoms with van der Waals surface area (Å²) in [5.74, 6) is 0.637. The van der Waals surface area contributed by atoms with Crippen molar-refractivity contribution in [2.24, 2.45) is 0 Å². The molecular weight excluding hydrogens is 198 g/mol. The van der Waals surface area contributed by atoms with E-state index in [9.17, 15) is 0 Å². The second-order valence-corrected chi connectivity index (χ2v) is 4.10. The van der Waals surface area contributed by atoms with Gasteiger partial charge in [-0.2, -0.15) is 0 Å². The highest BCUT2D eigenvalue weighted by Gasteiger charge is 2.25. The lowest BCUT2D eigenvalue weighted by molar-refractivity contribution is 0.536. The van der Waals surface area contributed by atoms with Crippen molar-refractivity contribution in [3.8, 4) is 0 Å². The zero-order chi connectivity index (χ0) is 11.0. The molecule has 0 saturated heterocycles. The number of benzene rings is 1. The fraction of sp³-hybridized carbons (Fsp3) is 0.231. The predicted octanol–water partition coefficient (Wildman–Crippen LogP) is 2.77. The van der Waals surface area contributed by atoms with Crippen LogP contribution in [0.2, 0.25) is 0 Å². The average molecular weight is 209 g/mol. The lowest BCUT2D eigenvalue weighted by atomic mass is 10.1. The second-order valence-electron chi connectivity index (χ2n) is 4.10. The van der Waals surface area contributed by atoms with Crippen LogP contribution in [0.1, 0.15) is 17.2 Å². The number of aromatic nitrogens is 2. The molecule has 1 aromatic carbocycles. The van der Waals surface area contributed by atoms with Crippen LogP contribution in [0.25, 0.3) is 4.85 Å². The van der Waals surface area contributed by atoms with E-state index >= 15 is 0 Å². The fourth-order valence-corrected chi connectivity index (χ4v) is 2.40. The Balaban J connectivity index is 1.95.